The average molecular weight is 482 g/mol. The van der Waals surface area contributed by atoms with Crippen molar-refractivity contribution in [3.63, 3.8) is 0 Å². The first kappa shape index (κ1) is 24.5. The van der Waals surface area contributed by atoms with Gasteiger partial charge in [-0.3, -0.25) is 4.79 Å². The number of fused-ring (bicyclic) bond motifs is 1. The third kappa shape index (κ3) is 4.30. The number of ether oxygens (including phenoxy) is 5. The monoisotopic (exact) mass is 481 g/mol. The fourth-order valence-electron chi connectivity index (χ4n) is 4.94. The summed E-state index contributed by atoms with van der Waals surface area (Å²) in [7, 11) is 4.53. The van der Waals surface area contributed by atoms with Gasteiger partial charge in [0.1, 0.15) is 17.4 Å². The van der Waals surface area contributed by atoms with E-state index in [1.54, 1.807) is 16.7 Å². The van der Waals surface area contributed by atoms with Crippen LogP contribution in [-0.4, -0.2) is 38.6 Å². The van der Waals surface area contributed by atoms with Gasteiger partial charge in [-0.15, -0.1) is 0 Å². The van der Waals surface area contributed by atoms with Gasteiger partial charge >= 0.3 is 0 Å². The fourth-order valence-corrected chi connectivity index (χ4v) is 4.94. The highest BCUT2D eigenvalue weighted by atomic mass is 16.5. The van der Waals surface area contributed by atoms with Gasteiger partial charge < -0.3 is 34.0 Å². The van der Waals surface area contributed by atoms with E-state index >= 15 is 0 Å². The van der Waals surface area contributed by atoms with Gasteiger partial charge in [0.15, 0.2) is 11.5 Å². The van der Waals surface area contributed by atoms with Crippen LogP contribution in [0.15, 0.2) is 34.4 Å². The molecule has 2 unspecified atom stereocenters. The maximum Gasteiger partial charge on any atom is 0.258 e. The Bertz CT molecular complexity index is 1240. The number of hydrogen-bond donors (Lipinski definition) is 1. The van der Waals surface area contributed by atoms with E-state index in [2.05, 4.69) is 13.0 Å². The van der Waals surface area contributed by atoms with Crippen molar-refractivity contribution in [2.45, 2.75) is 51.2 Å². The quantitative estimate of drug-likeness (QED) is 0.611. The van der Waals surface area contributed by atoms with Gasteiger partial charge in [0.25, 0.3) is 5.56 Å². The summed E-state index contributed by atoms with van der Waals surface area (Å²) in [6.07, 6.45) is 3.38. The zero-order chi connectivity index (χ0) is 25.1. The fraction of sp³-hybridized carbons (Fsp3) is 0.462. The molecular formula is C26H31N3O6. The van der Waals surface area contributed by atoms with Crippen molar-refractivity contribution in [1.82, 2.24) is 4.57 Å². The molecule has 0 bridgehead atoms. The van der Waals surface area contributed by atoms with Gasteiger partial charge in [0.05, 0.1) is 45.5 Å². The molecule has 2 aromatic rings. The highest BCUT2D eigenvalue weighted by Crippen LogP contribution is 2.49. The maximum atomic E-state index is 14.1. The summed E-state index contributed by atoms with van der Waals surface area (Å²) in [5.74, 6) is 0.676. The minimum absolute atomic E-state index is 0.0315. The lowest BCUT2D eigenvalue weighted by molar-refractivity contribution is 0.0952. The SMILES string of the molecule is CCCc1cc2c(c(=O)n1CC1CCCO1)C(c1ccc(OC)c(OC)c1OC)C(C#N)=C(N)O2. The van der Waals surface area contributed by atoms with Gasteiger partial charge in [0, 0.05) is 23.9 Å². The maximum absolute atomic E-state index is 14.1. The first-order chi connectivity index (χ1) is 17.0. The Morgan fingerprint density at radius 2 is 1.97 bits per heavy atom. The number of hydrogen-bond acceptors (Lipinski definition) is 8. The predicted octanol–water partition coefficient (Wildman–Crippen LogP) is 3.22. The minimum Gasteiger partial charge on any atom is -0.493 e. The number of aryl methyl sites for hydroxylation is 1. The number of allylic oxidation sites excluding steroid dienone is 1. The molecule has 186 valence electrons. The Labute approximate surface area is 204 Å². The molecule has 0 aliphatic carbocycles. The molecule has 3 heterocycles. The van der Waals surface area contributed by atoms with E-state index in [4.69, 9.17) is 29.4 Å². The summed E-state index contributed by atoms with van der Waals surface area (Å²) in [4.78, 5) is 14.1. The molecule has 2 atom stereocenters. The molecule has 2 aliphatic heterocycles. The van der Waals surface area contributed by atoms with Crippen LogP contribution in [0.2, 0.25) is 0 Å². The number of nitrogens with zero attached hydrogens (tertiary/aromatic N) is 2. The van der Waals surface area contributed by atoms with Crippen molar-refractivity contribution in [2.24, 2.45) is 5.73 Å². The molecular weight excluding hydrogens is 450 g/mol. The Balaban J connectivity index is 1.98. The molecule has 2 N–H and O–H groups in total. The molecule has 0 amide bonds. The van der Waals surface area contributed by atoms with Gasteiger partial charge in [-0.2, -0.15) is 5.26 Å². The van der Waals surface area contributed by atoms with E-state index in [1.165, 1.54) is 21.3 Å². The van der Waals surface area contributed by atoms with Crippen molar-refractivity contribution in [3.8, 4) is 29.1 Å². The highest BCUT2D eigenvalue weighted by Gasteiger charge is 2.37. The smallest absolute Gasteiger partial charge is 0.258 e. The Hall–Kier alpha value is -3.64. The van der Waals surface area contributed by atoms with Crippen molar-refractivity contribution in [3.05, 3.63) is 56.8 Å². The van der Waals surface area contributed by atoms with Gasteiger partial charge in [-0.05, 0) is 25.3 Å². The number of aromatic nitrogens is 1. The second-order valence-corrected chi connectivity index (χ2v) is 8.56. The van der Waals surface area contributed by atoms with Crippen LogP contribution in [0, 0.1) is 11.3 Å². The molecule has 9 heteroatoms. The molecule has 4 rings (SSSR count). The zero-order valence-corrected chi connectivity index (χ0v) is 20.6. The number of benzene rings is 1. The van der Waals surface area contributed by atoms with Crippen molar-refractivity contribution in [1.29, 1.82) is 5.26 Å². The van der Waals surface area contributed by atoms with Crippen LogP contribution < -0.4 is 30.2 Å². The Morgan fingerprint density at radius 3 is 2.57 bits per heavy atom. The lowest BCUT2D eigenvalue weighted by Gasteiger charge is -2.29. The first-order valence-electron chi connectivity index (χ1n) is 11.7. The van der Waals surface area contributed by atoms with Crippen molar-refractivity contribution < 1.29 is 23.7 Å². The zero-order valence-electron chi connectivity index (χ0n) is 20.6. The summed E-state index contributed by atoms with van der Waals surface area (Å²) >= 11 is 0. The molecule has 1 aromatic heterocycles. The molecule has 1 fully saturated rings. The summed E-state index contributed by atoms with van der Waals surface area (Å²) in [6.45, 7) is 3.19. The number of methoxy groups -OCH3 is 3. The van der Waals surface area contributed by atoms with Crippen LogP contribution in [0.4, 0.5) is 0 Å². The molecule has 0 saturated carbocycles. The number of pyridine rings is 1. The predicted molar refractivity (Wildman–Crippen MR) is 129 cm³/mol. The summed E-state index contributed by atoms with van der Waals surface area (Å²) < 4.78 is 30.1. The third-order valence-corrected chi connectivity index (χ3v) is 6.53. The average Bonchev–Trinajstić information content (AvgIpc) is 3.38. The number of nitrogens with two attached hydrogens (primary N) is 1. The summed E-state index contributed by atoms with van der Waals surface area (Å²) in [5, 5.41) is 10.0. The molecule has 35 heavy (non-hydrogen) atoms. The van der Waals surface area contributed by atoms with E-state index in [0.717, 1.165) is 25.0 Å². The van der Waals surface area contributed by atoms with Gasteiger partial charge in [-0.25, -0.2) is 0 Å². The second kappa shape index (κ2) is 10.3. The van der Waals surface area contributed by atoms with E-state index in [9.17, 15) is 10.1 Å². The summed E-state index contributed by atoms with van der Waals surface area (Å²) in [6, 6.07) is 7.48. The Kier molecular flexibility index (Phi) is 7.22. The van der Waals surface area contributed by atoms with Gasteiger partial charge in [0.2, 0.25) is 11.6 Å². The number of nitriles is 1. The molecule has 9 nitrogen and oxygen atoms in total. The van der Waals surface area contributed by atoms with Crippen molar-refractivity contribution in [2.75, 3.05) is 27.9 Å². The minimum atomic E-state index is -0.808. The van der Waals surface area contributed by atoms with E-state index in [0.29, 0.717) is 53.7 Å². The van der Waals surface area contributed by atoms with Gasteiger partial charge in [-0.1, -0.05) is 19.4 Å². The van der Waals surface area contributed by atoms with Crippen LogP contribution in [0.5, 0.6) is 23.0 Å². The topological polar surface area (TPSA) is 118 Å². The highest BCUT2D eigenvalue weighted by molar-refractivity contribution is 5.64. The first-order valence-corrected chi connectivity index (χ1v) is 11.7. The third-order valence-electron chi connectivity index (χ3n) is 6.53. The second-order valence-electron chi connectivity index (χ2n) is 8.56. The molecule has 2 aliphatic rings. The molecule has 0 spiro atoms. The standard InChI is InChI=1S/C26H31N3O6/c1-5-7-15-12-20-22(26(30)29(15)14-16-8-6-11-34-16)21(18(13-27)25(28)35-20)17-9-10-19(31-2)24(33-4)23(17)32-3/h9-10,12,16,21H,5-8,11,14,28H2,1-4H3. The lowest BCUT2D eigenvalue weighted by atomic mass is 9.83. The summed E-state index contributed by atoms with van der Waals surface area (Å²) in [5.41, 5.74) is 7.83. The lowest BCUT2D eigenvalue weighted by Crippen LogP contribution is -2.35. The Morgan fingerprint density at radius 1 is 1.20 bits per heavy atom. The van der Waals surface area contributed by atoms with Crippen LogP contribution >= 0.6 is 0 Å². The molecule has 1 aromatic carbocycles. The van der Waals surface area contributed by atoms with E-state index in [1.807, 2.05) is 6.07 Å². The largest absolute Gasteiger partial charge is 0.493 e. The molecule has 1 saturated heterocycles. The van der Waals surface area contributed by atoms with Crippen LogP contribution in [0.25, 0.3) is 0 Å². The number of rotatable bonds is 8. The van der Waals surface area contributed by atoms with Crippen molar-refractivity contribution >= 4 is 0 Å². The van der Waals surface area contributed by atoms with E-state index < -0.39 is 5.92 Å². The van der Waals surface area contributed by atoms with Crippen LogP contribution in [-0.2, 0) is 17.7 Å². The van der Waals surface area contributed by atoms with Crippen LogP contribution in [0.3, 0.4) is 0 Å². The normalized spacial score (nSPS) is 19.1. The van der Waals surface area contributed by atoms with Crippen LogP contribution in [0.1, 0.15) is 48.9 Å². The van der Waals surface area contributed by atoms with E-state index in [-0.39, 0.29) is 23.1 Å². The molecule has 0 radical (unpaired) electrons.